The van der Waals surface area contributed by atoms with Crippen molar-refractivity contribution in [3.05, 3.63) is 41.7 Å². The molecule has 0 amide bonds. The van der Waals surface area contributed by atoms with Crippen molar-refractivity contribution in [3.63, 3.8) is 0 Å². The topological polar surface area (TPSA) is 24.9 Å². The third-order valence-corrected chi connectivity index (χ3v) is 2.95. The van der Waals surface area contributed by atoms with Gasteiger partial charge in [0.05, 0.1) is 0 Å². The first-order chi connectivity index (χ1) is 7.36. The summed E-state index contributed by atoms with van der Waals surface area (Å²) in [7, 11) is 0. The van der Waals surface area contributed by atoms with Gasteiger partial charge in [-0.1, -0.05) is 12.2 Å². The van der Waals surface area contributed by atoms with Crippen molar-refractivity contribution in [3.8, 4) is 0 Å². The molecule has 1 aliphatic rings. The number of hydrogen-bond donors (Lipinski definition) is 1. The lowest BCUT2D eigenvalue weighted by Gasteiger charge is -2.18. The molecule has 15 heavy (non-hydrogen) atoms. The number of aromatic nitrogens is 1. The zero-order valence-electron chi connectivity index (χ0n) is 9.24. The lowest BCUT2D eigenvalue weighted by molar-refractivity contribution is 0.521. The minimum absolute atomic E-state index is 0.561. The standard InChI is InChI=1S/C13H18N2/c1-11-9-14-8-7-12(11)10-15-13-5-3-2-4-6-13/h3,5,7-9,13,15H,2,4,6,10H2,1H3. The van der Waals surface area contributed by atoms with Crippen LogP contribution in [0.2, 0.25) is 0 Å². The molecule has 1 heterocycles. The molecular formula is C13H18N2. The van der Waals surface area contributed by atoms with Crippen LogP contribution in [0.25, 0.3) is 0 Å². The minimum atomic E-state index is 0.561. The minimum Gasteiger partial charge on any atom is -0.306 e. The molecule has 0 spiro atoms. The second kappa shape index (κ2) is 5.08. The van der Waals surface area contributed by atoms with Crippen LogP contribution < -0.4 is 5.32 Å². The van der Waals surface area contributed by atoms with Crippen LogP contribution in [0.15, 0.2) is 30.6 Å². The largest absolute Gasteiger partial charge is 0.306 e. The average molecular weight is 202 g/mol. The lowest BCUT2D eigenvalue weighted by atomic mass is 10.0. The van der Waals surface area contributed by atoms with E-state index in [1.54, 1.807) is 0 Å². The van der Waals surface area contributed by atoms with E-state index in [0.717, 1.165) is 6.54 Å². The van der Waals surface area contributed by atoms with Crippen molar-refractivity contribution < 1.29 is 0 Å². The highest BCUT2D eigenvalue weighted by atomic mass is 14.9. The molecule has 2 nitrogen and oxygen atoms in total. The van der Waals surface area contributed by atoms with Crippen LogP contribution in [0, 0.1) is 6.92 Å². The van der Waals surface area contributed by atoms with Crippen LogP contribution >= 0.6 is 0 Å². The van der Waals surface area contributed by atoms with Gasteiger partial charge in [0.2, 0.25) is 0 Å². The average Bonchev–Trinajstić information content (AvgIpc) is 2.29. The Labute approximate surface area is 91.4 Å². The fraction of sp³-hybridized carbons (Fsp3) is 0.462. The fourth-order valence-corrected chi connectivity index (χ4v) is 1.92. The molecular weight excluding hydrogens is 184 g/mol. The van der Waals surface area contributed by atoms with Gasteiger partial charge >= 0.3 is 0 Å². The first-order valence-electron chi connectivity index (χ1n) is 5.66. The van der Waals surface area contributed by atoms with Gasteiger partial charge in [0.25, 0.3) is 0 Å². The quantitative estimate of drug-likeness (QED) is 0.762. The van der Waals surface area contributed by atoms with Crippen LogP contribution in [0.5, 0.6) is 0 Å². The molecule has 0 radical (unpaired) electrons. The molecule has 0 bridgehead atoms. The Morgan fingerprint density at radius 1 is 1.53 bits per heavy atom. The van der Waals surface area contributed by atoms with E-state index in [1.165, 1.54) is 30.4 Å². The maximum absolute atomic E-state index is 4.10. The molecule has 1 aromatic rings. The van der Waals surface area contributed by atoms with E-state index in [-0.39, 0.29) is 0 Å². The van der Waals surface area contributed by atoms with Gasteiger partial charge in [-0.25, -0.2) is 0 Å². The van der Waals surface area contributed by atoms with E-state index in [9.17, 15) is 0 Å². The molecule has 1 aliphatic carbocycles. The Morgan fingerprint density at radius 3 is 3.20 bits per heavy atom. The molecule has 0 saturated carbocycles. The van der Waals surface area contributed by atoms with Gasteiger partial charge in [-0.05, 0) is 43.4 Å². The molecule has 80 valence electrons. The molecule has 0 fully saturated rings. The molecule has 1 unspecified atom stereocenters. The van der Waals surface area contributed by atoms with Crippen molar-refractivity contribution in [1.82, 2.24) is 10.3 Å². The predicted octanol–water partition coefficient (Wildman–Crippen LogP) is 2.59. The Balaban J connectivity index is 1.90. The summed E-state index contributed by atoms with van der Waals surface area (Å²) in [6.07, 6.45) is 12.2. The monoisotopic (exact) mass is 202 g/mol. The van der Waals surface area contributed by atoms with Gasteiger partial charge in [0, 0.05) is 25.0 Å². The number of rotatable bonds is 3. The highest BCUT2D eigenvalue weighted by molar-refractivity contribution is 5.21. The summed E-state index contributed by atoms with van der Waals surface area (Å²) in [6.45, 7) is 3.06. The lowest BCUT2D eigenvalue weighted by Crippen LogP contribution is -2.28. The zero-order chi connectivity index (χ0) is 10.5. The van der Waals surface area contributed by atoms with Crippen LogP contribution in [0.4, 0.5) is 0 Å². The van der Waals surface area contributed by atoms with E-state index in [0.29, 0.717) is 6.04 Å². The molecule has 1 N–H and O–H groups in total. The van der Waals surface area contributed by atoms with Crippen LogP contribution in [-0.2, 0) is 6.54 Å². The molecule has 2 heteroatoms. The number of aryl methyl sites for hydroxylation is 1. The van der Waals surface area contributed by atoms with Crippen molar-refractivity contribution in [2.45, 2.75) is 38.8 Å². The van der Waals surface area contributed by atoms with Gasteiger partial charge in [-0.3, -0.25) is 4.98 Å². The van der Waals surface area contributed by atoms with Gasteiger partial charge in [-0.2, -0.15) is 0 Å². The maximum Gasteiger partial charge on any atom is 0.0300 e. The van der Waals surface area contributed by atoms with Gasteiger partial charge in [0.15, 0.2) is 0 Å². The maximum atomic E-state index is 4.10. The SMILES string of the molecule is Cc1cnccc1CNC1C=CCCC1. The molecule has 0 aliphatic heterocycles. The summed E-state index contributed by atoms with van der Waals surface area (Å²) in [5, 5.41) is 3.56. The number of allylic oxidation sites excluding steroid dienone is 1. The van der Waals surface area contributed by atoms with Crippen molar-refractivity contribution >= 4 is 0 Å². The normalized spacial score (nSPS) is 20.5. The smallest absolute Gasteiger partial charge is 0.0300 e. The van der Waals surface area contributed by atoms with E-state index in [2.05, 4.69) is 35.4 Å². The fourth-order valence-electron chi connectivity index (χ4n) is 1.92. The van der Waals surface area contributed by atoms with Gasteiger partial charge in [0.1, 0.15) is 0 Å². The first-order valence-corrected chi connectivity index (χ1v) is 5.66. The third-order valence-electron chi connectivity index (χ3n) is 2.95. The number of hydrogen-bond acceptors (Lipinski definition) is 2. The van der Waals surface area contributed by atoms with Gasteiger partial charge < -0.3 is 5.32 Å². The zero-order valence-corrected chi connectivity index (χ0v) is 9.24. The van der Waals surface area contributed by atoms with Crippen LogP contribution in [-0.4, -0.2) is 11.0 Å². The second-order valence-electron chi connectivity index (χ2n) is 4.15. The molecule has 1 atom stereocenters. The van der Waals surface area contributed by atoms with E-state index in [1.807, 2.05) is 12.4 Å². The Hall–Kier alpha value is -1.15. The number of nitrogens with one attached hydrogen (secondary N) is 1. The molecule has 0 saturated heterocycles. The molecule has 1 aromatic heterocycles. The summed E-state index contributed by atoms with van der Waals surface area (Å²) in [4.78, 5) is 4.10. The van der Waals surface area contributed by atoms with E-state index >= 15 is 0 Å². The van der Waals surface area contributed by atoms with Crippen LogP contribution in [0.3, 0.4) is 0 Å². The van der Waals surface area contributed by atoms with E-state index in [4.69, 9.17) is 0 Å². The predicted molar refractivity (Wildman–Crippen MR) is 62.6 cm³/mol. The van der Waals surface area contributed by atoms with Crippen molar-refractivity contribution in [2.24, 2.45) is 0 Å². The van der Waals surface area contributed by atoms with Crippen molar-refractivity contribution in [1.29, 1.82) is 0 Å². The highest BCUT2D eigenvalue weighted by Gasteiger charge is 2.07. The summed E-state index contributed by atoms with van der Waals surface area (Å²) in [6, 6.07) is 2.65. The summed E-state index contributed by atoms with van der Waals surface area (Å²) in [5.74, 6) is 0. The van der Waals surface area contributed by atoms with Gasteiger partial charge in [-0.15, -0.1) is 0 Å². The molecule has 0 aromatic carbocycles. The Bertz CT molecular complexity index is 344. The summed E-state index contributed by atoms with van der Waals surface area (Å²) in [5.41, 5.74) is 2.62. The summed E-state index contributed by atoms with van der Waals surface area (Å²) >= 11 is 0. The second-order valence-corrected chi connectivity index (χ2v) is 4.15. The molecule has 2 rings (SSSR count). The highest BCUT2D eigenvalue weighted by Crippen LogP contribution is 2.11. The Morgan fingerprint density at radius 2 is 2.47 bits per heavy atom. The third kappa shape index (κ3) is 2.90. The van der Waals surface area contributed by atoms with E-state index < -0.39 is 0 Å². The van der Waals surface area contributed by atoms with Crippen molar-refractivity contribution in [2.75, 3.05) is 0 Å². The summed E-state index contributed by atoms with van der Waals surface area (Å²) < 4.78 is 0. The number of pyridine rings is 1. The Kier molecular flexibility index (Phi) is 3.51. The van der Waals surface area contributed by atoms with Crippen LogP contribution in [0.1, 0.15) is 30.4 Å². The number of nitrogens with zero attached hydrogens (tertiary/aromatic N) is 1. The first kappa shape index (κ1) is 10.4.